The molecule has 0 heterocycles. The van der Waals surface area contributed by atoms with E-state index in [4.69, 9.17) is 0 Å². The fourth-order valence-electron chi connectivity index (χ4n) is 1.22. The first-order valence-electron chi connectivity index (χ1n) is 5.19. The molecule has 0 saturated carbocycles. The molecule has 0 bridgehead atoms. The van der Waals surface area contributed by atoms with Crippen LogP contribution in [0.15, 0.2) is 36.9 Å². The number of urea groups is 1. The normalized spacial score (nSPS) is 11.6. The number of rotatable bonds is 5. The van der Waals surface area contributed by atoms with Crippen LogP contribution in [0.2, 0.25) is 0 Å². The molecular weight excluding hydrogens is 223 g/mol. The summed E-state index contributed by atoms with van der Waals surface area (Å²) in [7, 11) is 0. The van der Waals surface area contributed by atoms with E-state index < -0.39 is 6.10 Å². The molecule has 3 N–H and O–H groups in total. The number of aliphatic hydroxyl groups is 1. The molecule has 17 heavy (non-hydrogen) atoms. The Morgan fingerprint density at radius 1 is 1.41 bits per heavy atom. The smallest absolute Gasteiger partial charge is 0.315 e. The SMILES string of the molecule is C=CCNC(=O)NCC(O)c1ccc(F)cc1. The van der Waals surface area contributed by atoms with Gasteiger partial charge in [-0.3, -0.25) is 0 Å². The molecule has 0 spiro atoms. The van der Waals surface area contributed by atoms with Gasteiger partial charge in [-0.1, -0.05) is 18.2 Å². The first-order valence-corrected chi connectivity index (χ1v) is 5.19. The summed E-state index contributed by atoms with van der Waals surface area (Å²) in [6, 6.07) is 5.09. The number of carbonyl (C=O) groups is 1. The van der Waals surface area contributed by atoms with Crippen LogP contribution in [0.3, 0.4) is 0 Å². The lowest BCUT2D eigenvalue weighted by atomic mass is 10.1. The van der Waals surface area contributed by atoms with Gasteiger partial charge in [0.1, 0.15) is 5.82 Å². The Hall–Kier alpha value is -1.88. The highest BCUT2D eigenvalue weighted by molar-refractivity contribution is 5.73. The molecule has 1 unspecified atom stereocenters. The number of benzene rings is 1. The van der Waals surface area contributed by atoms with Crippen LogP contribution in [0.1, 0.15) is 11.7 Å². The van der Waals surface area contributed by atoms with Crippen molar-refractivity contribution in [2.75, 3.05) is 13.1 Å². The Morgan fingerprint density at radius 2 is 2.06 bits per heavy atom. The van der Waals surface area contributed by atoms with Gasteiger partial charge in [0.2, 0.25) is 0 Å². The number of amides is 2. The van der Waals surface area contributed by atoms with E-state index in [-0.39, 0.29) is 18.4 Å². The minimum atomic E-state index is -0.856. The zero-order valence-electron chi connectivity index (χ0n) is 9.32. The van der Waals surface area contributed by atoms with Crippen molar-refractivity contribution in [1.29, 1.82) is 0 Å². The summed E-state index contributed by atoms with van der Waals surface area (Å²) in [5.41, 5.74) is 0.551. The Labute approximate surface area is 99.2 Å². The van der Waals surface area contributed by atoms with Crippen molar-refractivity contribution >= 4 is 6.03 Å². The minimum absolute atomic E-state index is 0.0641. The zero-order valence-corrected chi connectivity index (χ0v) is 9.32. The molecule has 0 aliphatic carbocycles. The van der Waals surface area contributed by atoms with Crippen LogP contribution in [0, 0.1) is 5.82 Å². The second-order valence-electron chi connectivity index (χ2n) is 3.45. The summed E-state index contributed by atoms with van der Waals surface area (Å²) in [5, 5.41) is 14.7. The van der Waals surface area contributed by atoms with E-state index in [0.717, 1.165) is 0 Å². The average Bonchev–Trinajstić information content (AvgIpc) is 2.34. The maximum atomic E-state index is 12.6. The number of aliphatic hydroxyl groups excluding tert-OH is 1. The number of carbonyl (C=O) groups excluding carboxylic acids is 1. The third-order valence-electron chi connectivity index (χ3n) is 2.12. The van der Waals surface area contributed by atoms with Crippen molar-refractivity contribution < 1.29 is 14.3 Å². The molecule has 0 radical (unpaired) electrons. The van der Waals surface area contributed by atoms with Crippen molar-refractivity contribution in [2.24, 2.45) is 0 Å². The van der Waals surface area contributed by atoms with Gasteiger partial charge < -0.3 is 15.7 Å². The predicted molar refractivity (Wildman–Crippen MR) is 63.0 cm³/mol. The van der Waals surface area contributed by atoms with Crippen LogP contribution >= 0.6 is 0 Å². The van der Waals surface area contributed by atoms with E-state index >= 15 is 0 Å². The lowest BCUT2D eigenvalue weighted by molar-refractivity contribution is 0.173. The van der Waals surface area contributed by atoms with Crippen LogP contribution < -0.4 is 10.6 Å². The van der Waals surface area contributed by atoms with Gasteiger partial charge in [0.05, 0.1) is 6.10 Å². The highest BCUT2D eigenvalue weighted by Gasteiger charge is 2.08. The van der Waals surface area contributed by atoms with E-state index in [2.05, 4.69) is 17.2 Å². The first kappa shape index (κ1) is 13.2. The van der Waals surface area contributed by atoms with Gasteiger partial charge >= 0.3 is 6.03 Å². The van der Waals surface area contributed by atoms with Crippen molar-refractivity contribution in [3.8, 4) is 0 Å². The van der Waals surface area contributed by atoms with Gasteiger partial charge in [-0.2, -0.15) is 0 Å². The van der Waals surface area contributed by atoms with Crippen LogP contribution in [0.4, 0.5) is 9.18 Å². The molecule has 0 aromatic heterocycles. The van der Waals surface area contributed by atoms with Gasteiger partial charge in [-0.15, -0.1) is 6.58 Å². The molecule has 1 aromatic rings. The summed E-state index contributed by atoms with van der Waals surface area (Å²) in [6.45, 7) is 3.88. The van der Waals surface area contributed by atoms with Crippen LogP contribution in [-0.4, -0.2) is 24.2 Å². The molecule has 2 amide bonds. The fourth-order valence-corrected chi connectivity index (χ4v) is 1.22. The van der Waals surface area contributed by atoms with Crippen LogP contribution in [0.25, 0.3) is 0 Å². The summed E-state index contributed by atoms with van der Waals surface area (Å²) < 4.78 is 12.6. The minimum Gasteiger partial charge on any atom is -0.387 e. The largest absolute Gasteiger partial charge is 0.387 e. The van der Waals surface area contributed by atoms with Crippen molar-refractivity contribution in [3.63, 3.8) is 0 Å². The molecule has 92 valence electrons. The highest BCUT2D eigenvalue weighted by Crippen LogP contribution is 2.12. The van der Waals surface area contributed by atoms with E-state index in [0.29, 0.717) is 12.1 Å². The topological polar surface area (TPSA) is 61.4 Å². The van der Waals surface area contributed by atoms with Crippen LogP contribution in [0.5, 0.6) is 0 Å². The summed E-state index contributed by atoms with van der Waals surface area (Å²) in [6.07, 6.45) is 0.695. The molecule has 1 aromatic carbocycles. The molecule has 1 atom stereocenters. The first-order chi connectivity index (χ1) is 8.13. The number of halogens is 1. The van der Waals surface area contributed by atoms with Crippen molar-refractivity contribution in [3.05, 3.63) is 48.3 Å². The van der Waals surface area contributed by atoms with Gasteiger partial charge in [0.15, 0.2) is 0 Å². The number of hydrogen-bond donors (Lipinski definition) is 3. The van der Waals surface area contributed by atoms with Gasteiger partial charge in [-0.05, 0) is 17.7 Å². The monoisotopic (exact) mass is 238 g/mol. The van der Waals surface area contributed by atoms with Gasteiger partial charge in [-0.25, -0.2) is 9.18 Å². The number of hydrogen-bond acceptors (Lipinski definition) is 2. The average molecular weight is 238 g/mol. The molecule has 1 rings (SSSR count). The van der Waals surface area contributed by atoms with E-state index in [1.165, 1.54) is 24.3 Å². The third-order valence-corrected chi connectivity index (χ3v) is 2.12. The summed E-state index contributed by atoms with van der Waals surface area (Å²) >= 11 is 0. The third kappa shape index (κ3) is 4.65. The molecule has 5 heteroatoms. The Morgan fingerprint density at radius 3 is 2.65 bits per heavy atom. The highest BCUT2D eigenvalue weighted by atomic mass is 19.1. The van der Waals surface area contributed by atoms with Crippen LogP contribution in [-0.2, 0) is 0 Å². The zero-order chi connectivity index (χ0) is 12.7. The van der Waals surface area contributed by atoms with E-state index in [1.54, 1.807) is 6.08 Å². The summed E-state index contributed by atoms with van der Waals surface area (Å²) in [5.74, 6) is -0.363. The van der Waals surface area contributed by atoms with E-state index in [9.17, 15) is 14.3 Å². The second-order valence-corrected chi connectivity index (χ2v) is 3.45. The van der Waals surface area contributed by atoms with Gasteiger partial charge in [0, 0.05) is 13.1 Å². The lowest BCUT2D eigenvalue weighted by Gasteiger charge is -2.12. The fraction of sp³-hybridized carbons (Fsp3) is 0.250. The van der Waals surface area contributed by atoms with Gasteiger partial charge in [0.25, 0.3) is 0 Å². The second kappa shape index (κ2) is 6.65. The Kier molecular flexibility index (Phi) is 5.16. The van der Waals surface area contributed by atoms with E-state index in [1.807, 2.05) is 0 Å². The molecule has 0 saturated heterocycles. The number of nitrogens with one attached hydrogen (secondary N) is 2. The quantitative estimate of drug-likeness (QED) is 0.678. The standard InChI is InChI=1S/C12H15FN2O2/c1-2-7-14-12(17)15-8-11(16)9-3-5-10(13)6-4-9/h2-6,11,16H,1,7-8H2,(H2,14,15,17). The Bertz CT molecular complexity index is 379. The Balaban J connectivity index is 2.39. The maximum Gasteiger partial charge on any atom is 0.315 e. The molecular formula is C12H15FN2O2. The molecule has 0 aliphatic rings. The molecule has 4 nitrogen and oxygen atoms in total. The summed E-state index contributed by atoms with van der Waals surface area (Å²) in [4.78, 5) is 11.2. The predicted octanol–water partition coefficient (Wildman–Crippen LogP) is 1.34. The van der Waals surface area contributed by atoms with Crippen molar-refractivity contribution in [1.82, 2.24) is 10.6 Å². The van der Waals surface area contributed by atoms with Crippen molar-refractivity contribution in [2.45, 2.75) is 6.10 Å². The maximum absolute atomic E-state index is 12.6. The molecule has 0 fully saturated rings. The molecule has 0 aliphatic heterocycles. The lowest BCUT2D eigenvalue weighted by Crippen LogP contribution is -2.37.